The molecule has 0 bridgehead atoms. The van der Waals surface area contributed by atoms with Crippen molar-refractivity contribution < 1.29 is 9.84 Å². The van der Waals surface area contributed by atoms with E-state index in [1.165, 1.54) is 0 Å². The van der Waals surface area contributed by atoms with Crippen LogP contribution >= 0.6 is 0 Å². The lowest BCUT2D eigenvalue weighted by Gasteiger charge is -2.07. The summed E-state index contributed by atoms with van der Waals surface area (Å²) >= 11 is 0. The van der Waals surface area contributed by atoms with Gasteiger partial charge in [-0.3, -0.25) is 4.98 Å². The van der Waals surface area contributed by atoms with E-state index < -0.39 is 0 Å². The van der Waals surface area contributed by atoms with Crippen LogP contribution in [0.5, 0.6) is 11.5 Å². The fraction of sp³-hybridized carbons (Fsp3) is 0.0833. The van der Waals surface area contributed by atoms with Crippen LogP contribution in [0.25, 0.3) is 0 Å². The molecule has 0 spiro atoms. The summed E-state index contributed by atoms with van der Waals surface area (Å²) in [6, 6.07) is 8.37. The lowest BCUT2D eigenvalue weighted by molar-refractivity contribution is 0.306. The van der Waals surface area contributed by atoms with E-state index in [2.05, 4.69) is 4.98 Å². The minimum absolute atomic E-state index is 0.218. The number of aromatic hydroxyl groups is 1. The maximum Gasteiger partial charge on any atom is 0.120 e. The summed E-state index contributed by atoms with van der Waals surface area (Å²) in [5.74, 6) is 0.907. The summed E-state index contributed by atoms with van der Waals surface area (Å²) < 4.78 is 5.51. The number of aromatic nitrogens is 1. The zero-order valence-corrected chi connectivity index (χ0v) is 8.63. The van der Waals surface area contributed by atoms with Crippen LogP contribution in [0.2, 0.25) is 0 Å². The number of nitrogens with zero attached hydrogens (tertiary/aromatic N) is 1. The van der Waals surface area contributed by atoms with Crippen LogP contribution < -0.4 is 10.5 Å². The van der Waals surface area contributed by atoms with E-state index in [9.17, 15) is 0 Å². The summed E-state index contributed by atoms with van der Waals surface area (Å²) in [6.45, 7) is 0.388. The number of rotatable bonds is 3. The van der Waals surface area contributed by atoms with Gasteiger partial charge >= 0.3 is 0 Å². The maximum atomic E-state index is 9.10. The molecule has 0 aliphatic carbocycles. The molecule has 3 N–H and O–H groups in total. The smallest absolute Gasteiger partial charge is 0.120 e. The summed E-state index contributed by atoms with van der Waals surface area (Å²) in [7, 11) is 0. The van der Waals surface area contributed by atoms with Crippen molar-refractivity contribution in [1.82, 2.24) is 4.98 Å². The third kappa shape index (κ3) is 2.42. The first-order valence-electron chi connectivity index (χ1n) is 4.86. The number of phenols is 1. The van der Waals surface area contributed by atoms with Crippen LogP contribution in [0.15, 0.2) is 42.7 Å². The molecule has 16 heavy (non-hydrogen) atoms. The van der Waals surface area contributed by atoms with Gasteiger partial charge in [-0.05, 0) is 30.3 Å². The van der Waals surface area contributed by atoms with Crippen LogP contribution in [0.4, 0.5) is 5.69 Å². The first-order chi connectivity index (χ1) is 7.75. The Kier molecular flexibility index (Phi) is 2.91. The molecule has 4 nitrogen and oxygen atoms in total. The summed E-state index contributed by atoms with van der Waals surface area (Å²) in [4.78, 5) is 3.90. The van der Waals surface area contributed by atoms with Crippen LogP contribution in [0.3, 0.4) is 0 Å². The Bertz CT molecular complexity index is 469. The number of phenolic OH excluding ortho intramolecular Hbond substituents is 1. The Balaban J connectivity index is 2.02. The highest BCUT2D eigenvalue weighted by Crippen LogP contribution is 2.18. The second-order valence-electron chi connectivity index (χ2n) is 3.36. The van der Waals surface area contributed by atoms with Crippen molar-refractivity contribution in [2.24, 2.45) is 0 Å². The molecule has 1 aromatic carbocycles. The molecule has 1 heterocycles. The van der Waals surface area contributed by atoms with E-state index >= 15 is 0 Å². The lowest BCUT2D eigenvalue weighted by atomic mass is 10.2. The van der Waals surface area contributed by atoms with Gasteiger partial charge in [0.2, 0.25) is 0 Å². The minimum Gasteiger partial charge on any atom is -0.508 e. The highest BCUT2D eigenvalue weighted by molar-refractivity contribution is 5.43. The Morgan fingerprint density at radius 2 is 1.94 bits per heavy atom. The molecule has 0 unspecified atom stereocenters. The Labute approximate surface area is 93.3 Å². The van der Waals surface area contributed by atoms with Crippen molar-refractivity contribution in [3.63, 3.8) is 0 Å². The normalized spacial score (nSPS) is 10.0. The van der Waals surface area contributed by atoms with Gasteiger partial charge in [0.25, 0.3) is 0 Å². The van der Waals surface area contributed by atoms with Gasteiger partial charge in [0.05, 0.1) is 11.9 Å². The van der Waals surface area contributed by atoms with Gasteiger partial charge in [0.1, 0.15) is 18.1 Å². The molecule has 0 saturated carbocycles. The first kappa shape index (κ1) is 10.3. The van der Waals surface area contributed by atoms with E-state index in [0.29, 0.717) is 18.0 Å². The number of nitrogen functional groups attached to an aromatic ring is 1. The molecule has 4 heteroatoms. The van der Waals surface area contributed by atoms with E-state index in [1.54, 1.807) is 36.7 Å². The molecule has 2 rings (SSSR count). The van der Waals surface area contributed by atoms with E-state index in [4.69, 9.17) is 15.6 Å². The second kappa shape index (κ2) is 4.53. The van der Waals surface area contributed by atoms with Gasteiger partial charge in [0.15, 0.2) is 0 Å². The predicted molar refractivity (Wildman–Crippen MR) is 61.1 cm³/mol. The lowest BCUT2D eigenvalue weighted by Crippen LogP contribution is -2.00. The quantitative estimate of drug-likeness (QED) is 0.822. The Morgan fingerprint density at radius 3 is 2.62 bits per heavy atom. The average molecular weight is 216 g/mol. The third-order valence-electron chi connectivity index (χ3n) is 2.18. The zero-order valence-electron chi connectivity index (χ0n) is 8.63. The minimum atomic E-state index is 0.218. The molecule has 0 fully saturated rings. The van der Waals surface area contributed by atoms with Crippen molar-refractivity contribution in [3.05, 3.63) is 48.3 Å². The van der Waals surface area contributed by atoms with E-state index in [0.717, 1.165) is 5.56 Å². The molecule has 0 atom stereocenters. The highest BCUT2D eigenvalue weighted by Gasteiger charge is 1.99. The van der Waals surface area contributed by atoms with Crippen molar-refractivity contribution in [2.45, 2.75) is 6.61 Å². The van der Waals surface area contributed by atoms with Crippen LogP contribution in [0.1, 0.15) is 5.56 Å². The molecular formula is C12H12N2O2. The fourth-order valence-electron chi connectivity index (χ4n) is 1.27. The Morgan fingerprint density at radius 1 is 1.19 bits per heavy atom. The molecule has 0 radical (unpaired) electrons. The van der Waals surface area contributed by atoms with Crippen LogP contribution in [0, 0.1) is 0 Å². The Hall–Kier alpha value is -2.23. The monoisotopic (exact) mass is 216 g/mol. The zero-order chi connectivity index (χ0) is 11.4. The number of hydrogen-bond donors (Lipinski definition) is 2. The second-order valence-corrected chi connectivity index (χ2v) is 3.36. The number of ether oxygens (including phenoxy) is 1. The molecule has 0 aliphatic rings. The standard InChI is InChI=1S/C12H12N2O2/c13-12-7-14-6-5-9(12)8-16-11-3-1-10(15)2-4-11/h1-7,15H,8,13H2. The first-order valence-corrected chi connectivity index (χ1v) is 4.86. The van der Waals surface area contributed by atoms with Gasteiger partial charge in [0, 0.05) is 11.8 Å². The van der Waals surface area contributed by atoms with Crippen LogP contribution in [-0.2, 0) is 6.61 Å². The molecule has 2 aromatic rings. The van der Waals surface area contributed by atoms with Gasteiger partial charge in [-0.2, -0.15) is 0 Å². The average Bonchev–Trinajstić information content (AvgIpc) is 2.30. The maximum absolute atomic E-state index is 9.10. The summed E-state index contributed by atoms with van der Waals surface area (Å²) in [5.41, 5.74) is 7.23. The van der Waals surface area contributed by atoms with Gasteiger partial charge in [-0.25, -0.2) is 0 Å². The number of nitrogens with two attached hydrogens (primary N) is 1. The number of hydrogen-bond acceptors (Lipinski definition) is 4. The number of benzene rings is 1. The largest absolute Gasteiger partial charge is 0.508 e. The van der Waals surface area contributed by atoms with Crippen molar-refractivity contribution >= 4 is 5.69 Å². The van der Waals surface area contributed by atoms with Crippen LogP contribution in [-0.4, -0.2) is 10.1 Å². The molecule has 82 valence electrons. The SMILES string of the molecule is Nc1cnccc1COc1ccc(O)cc1. The topological polar surface area (TPSA) is 68.4 Å². The number of pyridine rings is 1. The molecule has 1 aromatic heterocycles. The van der Waals surface area contributed by atoms with Gasteiger partial charge in [-0.15, -0.1) is 0 Å². The molecule has 0 saturated heterocycles. The predicted octanol–water partition coefficient (Wildman–Crippen LogP) is 1.95. The fourth-order valence-corrected chi connectivity index (χ4v) is 1.27. The van der Waals surface area contributed by atoms with Gasteiger partial charge in [-0.1, -0.05) is 0 Å². The van der Waals surface area contributed by atoms with Crippen molar-refractivity contribution in [1.29, 1.82) is 0 Å². The van der Waals surface area contributed by atoms with E-state index in [-0.39, 0.29) is 5.75 Å². The molecular weight excluding hydrogens is 204 g/mol. The van der Waals surface area contributed by atoms with Crippen molar-refractivity contribution in [2.75, 3.05) is 5.73 Å². The summed E-state index contributed by atoms with van der Waals surface area (Å²) in [5, 5.41) is 9.10. The van der Waals surface area contributed by atoms with E-state index in [1.807, 2.05) is 6.07 Å². The van der Waals surface area contributed by atoms with Gasteiger partial charge < -0.3 is 15.6 Å². The number of anilines is 1. The van der Waals surface area contributed by atoms with Crippen molar-refractivity contribution in [3.8, 4) is 11.5 Å². The highest BCUT2D eigenvalue weighted by atomic mass is 16.5. The summed E-state index contributed by atoms with van der Waals surface area (Å²) in [6.07, 6.45) is 3.27. The molecule has 0 amide bonds. The third-order valence-corrected chi connectivity index (χ3v) is 2.18. The molecule has 0 aliphatic heterocycles.